The average Bonchev–Trinajstić information content (AvgIpc) is 3.39. The van der Waals surface area contributed by atoms with Crippen LogP contribution in [0.5, 0.6) is 5.75 Å². The van der Waals surface area contributed by atoms with Gasteiger partial charge in [0.05, 0.1) is 12.2 Å². The Kier molecular flexibility index (Phi) is 8.20. The second-order valence-electron chi connectivity index (χ2n) is 8.57. The highest BCUT2D eigenvalue weighted by Crippen LogP contribution is 2.40. The zero-order chi connectivity index (χ0) is 24.0. The molecule has 1 aromatic carbocycles. The number of aromatic nitrogens is 2. The first-order chi connectivity index (χ1) is 15.7. The van der Waals surface area contributed by atoms with Crippen molar-refractivity contribution in [2.45, 2.75) is 71.0 Å². The fourth-order valence-corrected chi connectivity index (χ4v) is 4.15. The fraction of sp³-hybridized carbons (Fsp3) is 0.609. The van der Waals surface area contributed by atoms with E-state index in [0.29, 0.717) is 13.0 Å². The maximum absolute atomic E-state index is 13.7. The molecule has 182 valence electrons. The van der Waals surface area contributed by atoms with Gasteiger partial charge in [-0.2, -0.15) is 18.2 Å². The van der Waals surface area contributed by atoms with Gasteiger partial charge in [0.2, 0.25) is 11.7 Å². The molecule has 0 unspecified atom stereocenters. The van der Waals surface area contributed by atoms with E-state index in [-0.39, 0.29) is 47.6 Å². The first-order valence-corrected chi connectivity index (χ1v) is 11.5. The summed E-state index contributed by atoms with van der Waals surface area (Å²) in [7, 11) is 0. The Hall–Kier alpha value is -2.78. The van der Waals surface area contributed by atoms with Crippen molar-refractivity contribution in [3.8, 4) is 17.1 Å². The molecule has 0 aliphatic carbocycles. The van der Waals surface area contributed by atoms with Gasteiger partial charge in [-0.25, -0.2) is 0 Å². The number of nitrogens with one attached hydrogen (secondary N) is 1. The molecule has 7 nitrogen and oxygen atoms in total. The van der Waals surface area contributed by atoms with Crippen LogP contribution >= 0.6 is 0 Å². The highest BCUT2D eigenvalue weighted by molar-refractivity contribution is 5.75. The first kappa shape index (κ1) is 24.9. The minimum absolute atomic E-state index is 0.0561. The van der Waals surface area contributed by atoms with Crippen molar-refractivity contribution in [2.75, 3.05) is 13.2 Å². The van der Waals surface area contributed by atoms with Crippen LogP contribution in [-0.4, -0.2) is 34.2 Å². The van der Waals surface area contributed by atoms with E-state index in [9.17, 15) is 13.2 Å². The van der Waals surface area contributed by atoms with Gasteiger partial charge in [-0.3, -0.25) is 5.41 Å². The fourth-order valence-electron chi connectivity index (χ4n) is 4.15. The second kappa shape index (κ2) is 10.9. The number of guanidine groups is 1. The van der Waals surface area contributed by atoms with E-state index in [0.717, 1.165) is 38.2 Å². The molecule has 3 rings (SSSR count). The van der Waals surface area contributed by atoms with Gasteiger partial charge < -0.3 is 19.9 Å². The molecule has 0 saturated carbocycles. The number of benzene rings is 1. The molecule has 1 fully saturated rings. The third kappa shape index (κ3) is 6.17. The summed E-state index contributed by atoms with van der Waals surface area (Å²) in [6.07, 6.45) is 2.37. The smallest absolute Gasteiger partial charge is 0.419 e. The summed E-state index contributed by atoms with van der Waals surface area (Å²) >= 11 is 0. The van der Waals surface area contributed by atoms with Gasteiger partial charge in [0.15, 0.2) is 5.96 Å². The van der Waals surface area contributed by atoms with Gasteiger partial charge in [-0.05, 0) is 37.0 Å². The van der Waals surface area contributed by atoms with Crippen LogP contribution in [0, 0.1) is 11.3 Å². The normalized spacial score (nSPS) is 18.6. The quantitative estimate of drug-likeness (QED) is 0.261. The van der Waals surface area contributed by atoms with Crippen molar-refractivity contribution >= 4 is 5.96 Å². The molecule has 0 spiro atoms. The van der Waals surface area contributed by atoms with Crippen molar-refractivity contribution in [3.63, 3.8) is 0 Å². The van der Waals surface area contributed by atoms with E-state index >= 15 is 0 Å². The lowest BCUT2D eigenvalue weighted by atomic mass is 10.0. The molecule has 33 heavy (non-hydrogen) atoms. The van der Waals surface area contributed by atoms with E-state index in [1.165, 1.54) is 18.6 Å². The third-order valence-corrected chi connectivity index (χ3v) is 6.00. The van der Waals surface area contributed by atoms with Crippen LogP contribution in [0.15, 0.2) is 22.7 Å². The predicted octanol–water partition coefficient (Wildman–Crippen LogP) is 5.77. The van der Waals surface area contributed by atoms with Crippen molar-refractivity contribution in [1.82, 2.24) is 15.0 Å². The molecule has 3 N–H and O–H groups in total. The average molecular weight is 468 g/mol. The van der Waals surface area contributed by atoms with Crippen molar-refractivity contribution in [2.24, 2.45) is 11.7 Å². The van der Waals surface area contributed by atoms with Gasteiger partial charge in [0, 0.05) is 12.1 Å². The summed E-state index contributed by atoms with van der Waals surface area (Å²) in [6, 6.07) is 3.43. The zero-order valence-electron chi connectivity index (χ0n) is 19.1. The van der Waals surface area contributed by atoms with Crippen molar-refractivity contribution < 1.29 is 22.4 Å². The highest BCUT2D eigenvalue weighted by Gasteiger charge is 2.38. The van der Waals surface area contributed by atoms with Crippen LogP contribution in [0.2, 0.25) is 0 Å². The monoisotopic (exact) mass is 467 g/mol. The number of nitrogens with zero attached hydrogens (tertiary/aromatic N) is 3. The maximum Gasteiger partial charge on any atom is 0.419 e. The van der Waals surface area contributed by atoms with Crippen LogP contribution < -0.4 is 10.5 Å². The minimum Gasteiger partial charge on any atom is -0.493 e. The largest absolute Gasteiger partial charge is 0.493 e. The Balaban J connectivity index is 1.73. The molecule has 0 bridgehead atoms. The molecule has 1 aliphatic heterocycles. The van der Waals surface area contributed by atoms with E-state index in [4.69, 9.17) is 20.4 Å². The molecule has 1 aromatic heterocycles. The summed E-state index contributed by atoms with van der Waals surface area (Å²) in [5, 5.41) is 11.6. The summed E-state index contributed by atoms with van der Waals surface area (Å²) in [4.78, 5) is 5.98. The maximum atomic E-state index is 13.7. The number of ether oxygens (including phenoxy) is 1. The zero-order valence-corrected chi connectivity index (χ0v) is 19.1. The standard InChI is InChI=1S/C23H32F3N5O2/c1-3-4-5-6-7-8-13-32-18-10-9-16(14-17(18)23(24,25)26)20-29-21(33-30-20)19-15(2)11-12-31(19)22(27)28/h9-10,14-15,19H,3-8,11-13H2,1-2H3,(H3,27,28)/t15-,19+/m1/s1. The van der Waals surface area contributed by atoms with E-state index in [2.05, 4.69) is 17.1 Å². The Labute approximate surface area is 192 Å². The summed E-state index contributed by atoms with van der Waals surface area (Å²) < 4.78 is 52.0. The summed E-state index contributed by atoms with van der Waals surface area (Å²) in [5.41, 5.74) is 4.97. The van der Waals surface area contributed by atoms with Crippen molar-refractivity contribution in [1.29, 1.82) is 5.41 Å². The third-order valence-electron chi connectivity index (χ3n) is 6.00. The number of unbranched alkanes of at least 4 members (excludes halogenated alkanes) is 5. The number of rotatable bonds is 10. The lowest BCUT2D eigenvalue weighted by Crippen LogP contribution is -2.36. The summed E-state index contributed by atoms with van der Waals surface area (Å²) in [6.45, 7) is 4.94. The number of halogens is 3. The minimum atomic E-state index is -4.58. The van der Waals surface area contributed by atoms with Gasteiger partial charge in [0.25, 0.3) is 0 Å². The molecular formula is C23H32F3N5O2. The van der Waals surface area contributed by atoms with Crippen LogP contribution in [0.1, 0.15) is 76.3 Å². The van der Waals surface area contributed by atoms with Gasteiger partial charge in [0.1, 0.15) is 11.8 Å². The SMILES string of the molecule is CCCCCCCCOc1ccc(-c2noc([C@@H]3[C@H](C)CCN3C(=N)N)n2)cc1C(F)(F)F. The molecule has 2 atom stereocenters. The molecule has 0 radical (unpaired) electrons. The Morgan fingerprint density at radius 3 is 2.67 bits per heavy atom. The topological polar surface area (TPSA) is 101 Å². The predicted molar refractivity (Wildman–Crippen MR) is 119 cm³/mol. The van der Waals surface area contributed by atoms with Crippen LogP contribution in [0.3, 0.4) is 0 Å². The van der Waals surface area contributed by atoms with E-state index in [1.807, 2.05) is 6.92 Å². The molecule has 10 heteroatoms. The van der Waals surface area contributed by atoms with E-state index < -0.39 is 11.7 Å². The molecule has 1 aliphatic rings. The van der Waals surface area contributed by atoms with Gasteiger partial charge in [-0.15, -0.1) is 0 Å². The molecule has 2 heterocycles. The lowest BCUT2D eigenvalue weighted by Gasteiger charge is -2.23. The lowest BCUT2D eigenvalue weighted by molar-refractivity contribution is -0.138. The Morgan fingerprint density at radius 2 is 1.97 bits per heavy atom. The molecule has 2 aromatic rings. The van der Waals surface area contributed by atoms with Crippen molar-refractivity contribution in [3.05, 3.63) is 29.7 Å². The number of likely N-dealkylation sites (tertiary alicyclic amines) is 1. The molecule has 1 saturated heterocycles. The number of alkyl halides is 3. The second-order valence-corrected chi connectivity index (χ2v) is 8.57. The Morgan fingerprint density at radius 1 is 1.24 bits per heavy atom. The van der Waals surface area contributed by atoms with Crippen LogP contribution in [0.4, 0.5) is 13.2 Å². The van der Waals surface area contributed by atoms with Crippen LogP contribution in [-0.2, 0) is 6.18 Å². The number of hydrogen-bond donors (Lipinski definition) is 2. The van der Waals surface area contributed by atoms with E-state index in [1.54, 1.807) is 4.90 Å². The molecule has 0 amide bonds. The first-order valence-electron chi connectivity index (χ1n) is 11.5. The number of hydrogen-bond acceptors (Lipinski definition) is 5. The summed E-state index contributed by atoms with van der Waals surface area (Å²) in [5.74, 6) is 0.111. The van der Waals surface area contributed by atoms with Gasteiger partial charge in [-0.1, -0.05) is 51.1 Å². The van der Waals surface area contributed by atoms with Crippen LogP contribution in [0.25, 0.3) is 11.4 Å². The molecular weight excluding hydrogens is 435 g/mol. The highest BCUT2D eigenvalue weighted by atomic mass is 19.4. The Bertz CT molecular complexity index is 931. The number of nitrogens with two attached hydrogens (primary N) is 1. The van der Waals surface area contributed by atoms with Gasteiger partial charge >= 0.3 is 6.18 Å².